The van der Waals surface area contributed by atoms with Gasteiger partial charge in [0.1, 0.15) is 12.1 Å². The van der Waals surface area contributed by atoms with Crippen LogP contribution in [0.25, 0.3) is 5.78 Å². The van der Waals surface area contributed by atoms with Gasteiger partial charge < -0.3 is 4.90 Å². The van der Waals surface area contributed by atoms with Crippen LogP contribution < -0.4 is 4.90 Å². The second kappa shape index (κ2) is 5.09. The van der Waals surface area contributed by atoms with Gasteiger partial charge in [0.2, 0.25) is 0 Å². The third-order valence-corrected chi connectivity index (χ3v) is 3.34. The fourth-order valence-corrected chi connectivity index (χ4v) is 2.25. The summed E-state index contributed by atoms with van der Waals surface area (Å²) in [4.78, 5) is 10.6. The molecular formula is C14H14ClN5. The Kier molecular flexibility index (Phi) is 3.28. The number of nitrogens with zero attached hydrogens (tertiary/aromatic N) is 5. The van der Waals surface area contributed by atoms with Gasteiger partial charge in [-0.15, -0.1) is 0 Å². The quantitative estimate of drug-likeness (QED) is 0.743. The van der Waals surface area contributed by atoms with Crippen LogP contribution in [-0.4, -0.2) is 26.6 Å². The third kappa shape index (κ3) is 2.44. The highest BCUT2D eigenvalue weighted by molar-refractivity contribution is 6.30. The van der Waals surface area contributed by atoms with Crippen LogP contribution in [0.3, 0.4) is 0 Å². The maximum absolute atomic E-state index is 5.91. The molecule has 2 heterocycles. The largest absolute Gasteiger partial charge is 0.355 e. The van der Waals surface area contributed by atoms with E-state index >= 15 is 0 Å². The number of anilines is 1. The molecule has 102 valence electrons. The number of rotatable bonds is 3. The van der Waals surface area contributed by atoms with E-state index in [2.05, 4.69) is 20.0 Å². The van der Waals surface area contributed by atoms with Crippen LogP contribution in [0, 0.1) is 6.92 Å². The molecule has 3 rings (SSSR count). The molecule has 5 nitrogen and oxygen atoms in total. The maximum Gasteiger partial charge on any atom is 0.254 e. The molecule has 0 saturated carbocycles. The number of benzene rings is 1. The Morgan fingerprint density at radius 3 is 2.75 bits per heavy atom. The van der Waals surface area contributed by atoms with Gasteiger partial charge >= 0.3 is 0 Å². The molecule has 0 aliphatic carbocycles. The summed E-state index contributed by atoms with van der Waals surface area (Å²) in [6.07, 6.45) is 1.52. The number of hydrogen-bond donors (Lipinski definition) is 0. The summed E-state index contributed by atoms with van der Waals surface area (Å²) in [7, 11) is 2.02. The molecule has 0 N–H and O–H groups in total. The summed E-state index contributed by atoms with van der Waals surface area (Å²) in [6.45, 7) is 2.71. The molecule has 0 aliphatic heterocycles. The molecular weight excluding hydrogens is 274 g/mol. The van der Waals surface area contributed by atoms with Crippen molar-refractivity contribution in [1.82, 2.24) is 19.6 Å². The number of hydrogen-bond acceptors (Lipinski definition) is 4. The molecule has 0 unspecified atom stereocenters. The first-order chi connectivity index (χ1) is 9.63. The van der Waals surface area contributed by atoms with Gasteiger partial charge in [0.15, 0.2) is 0 Å². The lowest BCUT2D eigenvalue weighted by Crippen LogP contribution is -2.20. The van der Waals surface area contributed by atoms with Gasteiger partial charge in [0.25, 0.3) is 5.78 Å². The summed E-state index contributed by atoms with van der Waals surface area (Å²) < 4.78 is 1.74. The summed E-state index contributed by atoms with van der Waals surface area (Å²) in [6, 6.07) is 9.83. The Labute approximate surface area is 121 Å². The van der Waals surface area contributed by atoms with Gasteiger partial charge in [-0.2, -0.15) is 14.6 Å². The van der Waals surface area contributed by atoms with Crippen LogP contribution in [0.2, 0.25) is 5.02 Å². The highest BCUT2D eigenvalue weighted by Gasteiger charge is 2.10. The van der Waals surface area contributed by atoms with E-state index in [-0.39, 0.29) is 0 Å². The first kappa shape index (κ1) is 12.9. The Hall–Kier alpha value is -2.14. The number of halogens is 1. The zero-order valence-electron chi connectivity index (χ0n) is 11.3. The molecule has 0 saturated heterocycles. The third-order valence-electron chi connectivity index (χ3n) is 3.09. The van der Waals surface area contributed by atoms with Crippen LogP contribution in [0.15, 0.2) is 36.7 Å². The molecule has 0 aliphatic rings. The molecule has 0 fully saturated rings. The second-order valence-electron chi connectivity index (χ2n) is 4.71. The highest BCUT2D eigenvalue weighted by atomic mass is 35.5. The van der Waals surface area contributed by atoms with E-state index in [9.17, 15) is 0 Å². The lowest BCUT2D eigenvalue weighted by atomic mass is 10.2. The fourth-order valence-electron chi connectivity index (χ4n) is 2.13. The summed E-state index contributed by atoms with van der Waals surface area (Å²) >= 11 is 5.91. The van der Waals surface area contributed by atoms with Gasteiger partial charge in [-0.05, 0) is 24.6 Å². The van der Waals surface area contributed by atoms with Gasteiger partial charge in [-0.25, -0.2) is 4.98 Å². The highest BCUT2D eigenvalue weighted by Crippen LogP contribution is 2.18. The lowest BCUT2D eigenvalue weighted by molar-refractivity contribution is 0.827. The Morgan fingerprint density at radius 1 is 1.25 bits per heavy atom. The van der Waals surface area contributed by atoms with Crippen LogP contribution in [-0.2, 0) is 6.54 Å². The summed E-state index contributed by atoms with van der Waals surface area (Å²) in [5.74, 6) is 1.57. The lowest BCUT2D eigenvalue weighted by Gasteiger charge is -2.20. The topological polar surface area (TPSA) is 46.3 Å². The first-order valence-electron chi connectivity index (χ1n) is 6.26. The standard InChI is InChI=1S/C14H14ClN5/c1-10-7-13(20-14(18-10)16-9-17-20)19(2)8-11-3-5-12(15)6-4-11/h3-7,9H,8H2,1-2H3. The zero-order valence-corrected chi connectivity index (χ0v) is 12.0. The molecule has 0 atom stereocenters. The first-order valence-corrected chi connectivity index (χ1v) is 6.64. The van der Waals surface area contributed by atoms with E-state index in [0.29, 0.717) is 5.78 Å². The smallest absolute Gasteiger partial charge is 0.254 e. The van der Waals surface area contributed by atoms with Gasteiger partial charge in [0, 0.05) is 30.4 Å². The van der Waals surface area contributed by atoms with E-state index in [1.54, 1.807) is 4.52 Å². The van der Waals surface area contributed by atoms with Crippen molar-refractivity contribution in [3.63, 3.8) is 0 Å². The van der Waals surface area contributed by atoms with Crippen molar-refractivity contribution in [1.29, 1.82) is 0 Å². The Morgan fingerprint density at radius 2 is 2.00 bits per heavy atom. The van der Waals surface area contributed by atoms with E-state index in [1.807, 2.05) is 44.3 Å². The molecule has 20 heavy (non-hydrogen) atoms. The average molecular weight is 288 g/mol. The number of fused-ring (bicyclic) bond motifs is 1. The van der Waals surface area contributed by atoms with Crippen molar-refractivity contribution >= 4 is 23.2 Å². The molecule has 0 spiro atoms. The fraction of sp³-hybridized carbons (Fsp3) is 0.214. The van der Waals surface area contributed by atoms with Crippen LogP contribution in [0.5, 0.6) is 0 Å². The Bertz CT molecular complexity index is 735. The number of aromatic nitrogens is 4. The predicted octanol–water partition coefficient (Wildman–Crippen LogP) is 2.72. The van der Waals surface area contributed by atoms with Crippen molar-refractivity contribution in [3.8, 4) is 0 Å². The van der Waals surface area contributed by atoms with Crippen molar-refractivity contribution in [3.05, 3.63) is 52.9 Å². The normalized spacial score (nSPS) is 10.9. The predicted molar refractivity (Wildman–Crippen MR) is 79.1 cm³/mol. The van der Waals surface area contributed by atoms with E-state index in [1.165, 1.54) is 11.9 Å². The minimum atomic E-state index is 0.614. The average Bonchev–Trinajstić information content (AvgIpc) is 2.88. The van der Waals surface area contributed by atoms with Gasteiger partial charge in [-0.3, -0.25) is 0 Å². The minimum Gasteiger partial charge on any atom is -0.355 e. The minimum absolute atomic E-state index is 0.614. The number of aryl methyl sites for hydroxylation is 1. The van der Waals surface area contributed by atoms with Crippen molar-refractivity contribution in [2.24, 2.45) is 0 Å². The maximum atomic E-state index is 5.91. The summed E-state index contributed by atoms with van der Waals surface area (Å²) in [5, 5.41) is 4.96. The van der Waals surface area contributed by atoms with E-state index in [4.69, 9.17) is 11.6 Å². The van der Waals surface area contributed by atoms with Crippen LogP contribution >= 0.6 is 11.6 Å². The van der Waals surface area contributed by atoms with E-state index in [0.717, 1.165) is 23.1 Å². The van der Waals surface area contributed by atoms with Crippen molar-refractivity contribution < 1.29 is 0 Å². The molecule has 0 amide bonds. The molecule has 2 aromatic heterocycles. The molecule has 3 aromatic rings. The zero-order chi connectivity index (χ0) is 14.1. The van der Waals surface area contributed by atoms with Crippen LogP contribution in [0.4, 0.5) is 5.82 Å². The molecule has 6 heteroatoms. The van der Waals surface area contributed by atoms with Crippen molar-refractivity contribution in [2.75, 3.05) is 11.9 Å². The second-order valence-corrected chi connectivity index (χ2v) is 5.15. The summed E-state index contributed by atoms with van der Waals surface area (Å²) in [5.41, 5.74) is 2.10. The SMILES string of the molecule is Cc1cc(N(C)Cc2ccc(Cl)cc2)n2ncnc2n1. The monoisotopic (exact) mass is 287 g/mol. The van der Waals surface area contributed by atoms with Crippen molar-refractivity contribution in [2.45, 2.75) is 13.5 Å². The molecule has 0 radical (unpaired) electrons. The van der Waals surface area contributed by atoms with Gasteiger partial charge in [0.05, 0.1) is 0 Å². The van der Waals surface area contributed by atoms with E-state index < -0.39 is 0 Å². The molecule has 0 bridgehead atoms. The van der Waals surface area contributed by atoms with Crippen LogP contribution in [0.1, 0.15) is 11.3 Å². The van der Waals surface area contributed by atoms with Gasteiger partial charge in [-0.1, -0.05) is 23.7 Å². The molecule has 1 aromatic carbocycles. The Balaban J connectivity index is 1.93.